The maximum atomic E-state index is 13.7. The van der Waals surface area contributed by atoms with Crippen LogP contribution in [0.2, 0.25) is 0 Å². The number of methoxy groups -OCH3 is 1. The van der Waals surface area contributed by atoms with Gasteiger partial charge in [-0.2, -0.15) is 4.80 Å². The number of alkyl halides is 2. The van der Waals surface area contributed by atoms with Crippen LogP contribution in [0.4, 0.5) is 37.5 Å². The van der Waals surface area contributed by atoms with Gasteiger partial charge in [0.05, 0.1) is 60.8 Å². The number of aromatic nitrogens is 7. The first-order valence-electron chi connectivity index (χ1n) is 12.9. The standard InChI is InChI=1S/C27H23F2N11O2/c1-30-26-27(40-9-5-8-21(40)41)31-13-15(33-26)10-14-11-18(22-19(32-14)12-20(35-22)24(28)29)34-17-7-4-6-16(23(17)42-3)25-36-38-39(2)37-25/h4,6-7,11,13,24H,5,8-10,12H2,2-3H3,(H,32,34). The molecule has 4 aromatic rings. The molecule has 1 fully saturated rings. The third kappa shape index (κ3) is 4.98. The van der Waals surface area contributed by atoms with E-state index in [9.17, 15) is 13.6 Å². The lowest BCUT2D eigenvalue weighted by Crippen LogP contribution is -2.25. The summed E-state index contributed by atoms with van der Waals surface area (Å²) in [4.78, 5) is 36.1. The Balaban J connectivity index is 1.37. The average molecular weight is 572 g/mol. The predicted molar refractivity (Wildman–Crippen MR) is 148 cm³/mol. The SMILES string of the molecule is [C-]#[N+]c1nc(Cc2cc(Nc3cccc(-c4nnn(C)n4)c3OC)c3c(n2)CC(C(F)F)=N3)cnc1N1CCCC1=O. The molecule has 1 saturated heterocycles. The Morgan fingerprint density at radius 3 is 2.76 bits per heavy atom. The monoisotopic (exact) mass is 571 g/mol. The number of fused-ring (bicyclic) bond motifs is 1. The molecule has 0 saturated carbocycles. The van der Waals surface area contributed by atoms with Crippen LogP contribution in [0.5, 0.6) is 5.75 Å². The van der Waals surface area contributed by atoms with E-state index in [4.69, 9.17) is 11.3 Å². The summed E-state index contributed by atoms with van der Waals surface area (Å²) in [6.07, 6.45) is -0.0774. The molecule has 2 aliphatic rings. The molecule has 0 radical (unpaired) electrons. The van der Waals surface area contributed by atoms with E-state index in [-0.39, 0.29) is 36.1 Å². The number of ether oxygens (including phenoxy) is 1. The van der Waals surface area contributed by atoms with Gasteiger partial charge < -0.3 is 19.8 Å². The second-order valence-corrected chi connectivity index (χ2v) is 9.60. The van der Waals surface area contributed by atoms with Gasteiger partial charge in [-0.1, -0.05) is 12.6 Å². The van der Waals surface area contributed by atoms with Crippen LogP contribution in [0.3, 0.4) is 0 Å². The molecule has 6 rings (SSSR count). The fraction of sp³-hybridized carbons (Fsp3) is 0.296. The number of para-hydroxylation sites is 1. The van der Waals surface area contributed by atoms with Crippen LogP contribution in [-0.2, 0) is 24.7 Å². The summed E-state index contributed by atoms with van der Waals surface area (Å²) in [7, 11) is 3.15. The van der Waals surface area contributed by atoms with E-state index in [1.807, 2.05) is 0 Å². The van der Waals surface area contributed by atoms with Gasteiger partial charge in [-0.15, -0.1) is 15.2 Å². The molecule has 1 aromatic carbocycles. The van der Waals surface area contributed by atoms with Crippen molar-refractivity contribution in [2.24, 2.45) is 12.0 Å². The van der Waals surface area contributed by atoms with Crippen LogP contribution < -0.4 is 15.0 Å². The zero-order chi connectivity index (χ0) is 29.4. The van der Waals surface area contributed by atoms with Gasteiger partial charge in [-0.3, -0.25) is 9.78 Å². The number of hydrogen-bond acceptors (Lipinski definition) is 10. The Morgan fingerprint density at radius 1 is 1.21 bits per heavy atom. The van der Waals surface area contributed by atoms with Gasteiger partial charge in [0.1, 0.15) is 5.69 Å². The third-order valence-electron chi connectivity index (χ3n) is 6.79. The molecular formula is C27H23F2N11O2. The van der Waals surface area contributed by atoms with E-state index in [1.165, 1.54) is 23.0 Å². The summed E-state index contributed by atoms with van der Waals surface area (Å²) >= 11 is 0. The fourth-order valence-corrected chi connectivity index (χ4v) is 4.95. The Labute approximate surface area is 238 Å². The summed E-state index contributed by atoms with van der Waals surface area (Å²) in [6.45, 7) is 8.07. The highest BCUT2D eigenvalue weighted by atomic mass is 19.3. The zero-order valence-corrected chi connectivity index (χ0v) is 22.5. The Bertz CT molecular complexity index is 1780. The van der Waals surface area contributed by atoms with Gasteiger partial charge in [-0.05, 0) is 29.8 Å². The highest BCUT2D eigenvalue weighted by Crippen LogP contribution is 2.41. The number of nitrogens with one attached hydrogen (secondary N) is 1. The predicted octanol–water partition coefficient (Wildman–Crippen LogP) is 3.98. The largest absolute Gasteiger partial charge is 0.494 e. The Hall–Kier alpha value is -5.39. The number of carbonyl (C=O) groups is 1. The molecule has 0 bridgehead atoms. The lowest BCUT2D eigenvalue weighted by atomic mass is 10.1. The molecule has 5 heterocycles. The van der Waals surface area contributed by atoms with Crippen LogP contribution in [-0.4, -0.2) is 66.9 Å². The van der Waals surface area contributed by atoms with Crippen molar-refractivity contribution in [1.82, 2.24) is 35.2 Å². The Kier molecular flexibility index (Phi) is 6.95. The zero-order valence-electron chi connectivity index (χ0n) is 22.5. The van der Waals surface area contributed by atoms with Crippen LogP contribution in [0.25, 0.3) is 16.2 Å². The van der Waals surface area contributed by atoms with Crippen LogP contribution >= 0.6 is 0 Å². The minimum Gasteiger partial charge on any atom is -0.494 e. The topological polar surface area (TPSA) is 141 Å². The number of carbonyl (C=O) groups excluding carboxylic acids is 1. The van der Waals surface area contributed by atoms with E-state index in [1.54, 1.807) is 31.3 Å². The van der Waals surface area contributed by atoms with Crippen molar-refractivity contribution in [2.75, 3.05) is 23.9 Å². The van der Waals surface area contributed by atoms with Gasteiger partial charge in [0.15, 0.2) is 17.3 Å². The number of aliphatic imine (C=N–C) groups is 1. The van der Waals surface area contributed by atoms with E-state index >= 15 is 0 Å². The highest BCUT2D eigenvalue weighted by molar-refractivity contribution is 5.99. The van der Waals surface area contributed by atoms with E-state index in [2.05, 4.69) is 45.5 Å². The normalized spacial score (nSPS) is 14.2. The van der Waals surface area contributed by atoms with Gasteiger partial charge >= 0.3 is 5.82 Å². The molecule has 0 spiro atoms. The van der Waals surface area contributed by atoms with Crippen molar-refractivity contribution in [1.29, 1.82) is 0 Å². The van der Waals surface area contributed by atoms with Crippen molar-refractivity contribution >= 4 is 40.3 Å². The summed E-state index contributed by atoms with van der Waals surface area (Å²) < 4.78 is 33.0. The van der Waals surface area contributed by atoms with Crippen molar-refractivity contribution in [3.8, 4) is 17.1 Å². The molecule has 0 atom stereocenters. The number of aryl methyl sites for hydroxylation is 1. The van der Waals surface area contributed by atoms with Crippen LogP contribution in [0.15, 0.2) is 35.5 Å². The number of nitrogens with zero attached hydrogens (tertiary/aromatic N) is 10. The van der Waals surface area contributed by atoms with Crippen molar-refractivity contribution in [2.45, 2.75) is 32.1 Å². The molecule has 212 valence electrons. The summed E-state index contributed by atoms with van der Waals surface area (Å²) in [5.74, 6) is 0.936. The van der Waals surface area contributed by atoms with Crippen LogP contribution in [0, 0.1) is 6.57 Å². The molecule has 42 heavy (non-hydrogen) atoms. The van der Waals surface area contributed by atoms with Gasteiger partial charge in [0.25, 0.3) is 6.43 Å². The number of hydrogen-bond donors (Lipinski definition) is 1. The van der Waals surface area contributed by atoms with Gasteiger partial charge in [-0.25, -0.2) is 18.8 Å². The molecule has 2 aliphatic heterocycles. The number of rotatable bonds is 8. The smallest absolute Gasteiger partial charge is 0.312 e. The maximum absolute atomic E-state index is 13.7. The quantitative estimate of drug-likeness (QED) is 0.311. The number of pyridine rings is 1. The van der Waals surface area contributed by atoms with Crippen molar-refractivity contribution in [3.63, 3.8) is 0 Å². The second kappa shape index (κ2) is 10.9. The lowest BCUT2D eigenvalue weighted by molar-refractivity contribution is -0.117. The Morgan fingerprint density at radius 2 is 2.07 bits per heavy atom. The molecule has 0 aliphatic carbocycles. The van der Waals surface area contributed by atoms with Crippen molar-refractivity contribution < 1.29 is 18.3 Å². The van der Waals surface area contributed by atoms with Gasteiger partial charge in [0, 0.05) is 19.4 Å². The number of halogens is 2. The second-order valence-electron chi connectivity index (χ2n) is 9.60. The average Bonchev–Trinajstić information content (AvgIpc) is 3.72. The van der Waals surface area contributed by atoms with Crippen molar-refractivity contribution in [3.05, 3.63) is 59.0 Å². The van der Waals surface area contributed by atoms with Gasteiger partial charge in [0.2, 0.25) is 11.7 Å². The van der Waals surface area contributed by atoms with E-state index in [0.29, 0.717) is 70.7 Å². The summed E-state index contributed by atoms with van der Waals surface area (Å²) in [5.41, 5.74) is 2.89. The first-order chi connectivity index (χ1) is 20.3. The highest BCUT2D eigenvalue weighted by Gasteiger charge is 2.29. The molecular weight excluding hydrogens is 548 g/mol. The first-order valence-corrected chi connectivity index (χ1v) is 12.9. The third-order valence-corrected chi connectivity index (χ3v) is 6.79. The molecule has 0 unspecified atom stereocenters. The van der Waals surface area contributed by atoms with E-state index in [0.717, 1.165) is 0 Å². The number of tetrazole rings is 1. The lowest BCUT2D eigenvalue weighted by Gasteiger charge is -2.16. The molecule has 15 heteroatoms. The number of amides is 1. The minimum absolute atomic E-state index is 0.0183. The fourth-order valence-electron chi connectivity index (χ4n) is 4.95. The molecule has 1 N–H and O–H groups in total. The minimum atomic E-state index is -2.73. The number of anilines is 3. The van der Waals surface area contributed by atoms with Crippen LogP contribution in [0.1, 0.15) is 29.9 Å². The number of benzene rings is 1. The first kappa shape index (κ1) is 26.8. The summed E-state index contributed by atoms with van der Waals surface area (Å²) in [5, 5.41) is 15.5. The molecule has 3 aromatic heterocycles. The summed E-state index contributed by atoms with van der Waals surface area (Å²) in [6, 6.07) is 7.02. The maximum Gasteiger partial charge on any atom is 0.312 e. The van der Waals surface area contributed by atoms with E-state index < -0.39 is 6.43 Å². The molecule has 13 nitrogen and oxygen atoms in total. The molecule has 1 amide bonds.